The normalized spacial score (nSPS) is 15.4. The van der Waals surface area contributed by atoms with Crippen LogP contribution in [0, 0.1) is 0 Å². The van der Waals surface area contributed by atoms with Crippen LogP contribution in [0.15, 0.2) is 150 Å². The molecule has 47 heavy (non-hydrogen) atoms. The van der Waals surface area contributed by atoms with E-state index >= 15 is 0 Å². The molecule has 230 valence electrons. The fraction of sp³-hybridized carbons (Fsp3) is 0.143. The van der Waals surface area contributed by atoms with Gasteiger partial charge in [0.15, 0.2) is 0 Å². The van der Waals surface area contributed by atoms with Crippen LogP contribution < -0.4 is 10.4 Å². The Morgan fingerprint density at radius 2 is 1.04 bits per heavy atom. The molecule has 0 saturated carbocycles. The summed E-state index contributed by atoms with van der Waals surface area (Å²) in [6.45, 7) is 8.33. The van der Waals surface area contributed by atoms with Gasteiger partial charge in [-0.05, 0) is 92.3 Å². The van der Waals surface area contributed by atoms with Gasteiger partial charge in [-0.1, -0.05) is 103 Å². The molecule has 0 unspecified atom stereocenters. The fourth-order valence-electron chi connectivity index (χ4n) is 6.41. The van der Waals surface area contributed by atoms with Gasteiger partial charge in [-0.25, -0.2) is 0 Å². The molecule has 2 heterocycles. The number of para-hydroxylation sites is 2. The molecular weight excluding hydrogens is 577 g/mol. The van der Waals surface area contributed by atoms with Crippen molar-refractivity contribution in [2.75, 3.05) is 4.90 Å². The smallest absolute Gasteiger partial charge is 0.455 e. The van der Waals surface area contributed by atoms with Crippen LogP contribution in [0.25, 0.3) is 44.2 Å². The highest BCUT2D eigenvalue weighted by Gasteiger charge is 2.51. The van der Waals surface area contributed by atoms with Crippen molar-refractivity contribution in [3.05, 3.63) is 146 Å². The molecular formula is C42H36BNO3. The lowest BCUT2D eigenvalue weighted by atomic mass is 9.78. The lowest BCUT2D eigenvalue weighted by Crippen LogP contribution is -2.41. The van der Waals surface area contributed by atoms with E-state index < -0.39 is 18.3 Å². The minimum atomic E-state index is -0.418. The minimum absolute atomic E-state index is 0.398. The molecule has 4 nitrogen and oxygen atoms in total. The number of nitrogens with zero attached hydrogens (tertiary/aromatic N) is 1. The van der Waals surface area contributed by atoms with Crippen LogP contribution in [0.2, 0.25) is 0 Å². The Hall–Kier alpha value is -5.10. The van der Waals surface area contributed by atoms with E-state index in [0.717, 1.165) is 55.6 Å². The summed E-state index contributed by atoms with van der Waals surface area (Å²) in [5.41, 5.74) is 9.60. The summed E-state index contributed by atoms with van der Waals surface area (Å²) in [4.78, 5) is 2.32. The molecule has 1 fully saturated rings. The third-order valence-electron chi connectivity index (χ3n) is 9.72. The number of anilines is 3. The van der Waals surface area contributed by atoms with Crippen molar-refractivity contribution in [2.45, 2.75) is 38.9 Å². The zero-order valence-corrected chi connectivity index (χ0v) is 27.1. The SMILES string of the molecule is CC1(C)OB(c2ccc(-c3cc(N(c4ccccc4)c4ccc(-c5ccccc5)cc4)cc4c3oc3ccccc34)cc2)OC1(C)C. The summed E-state index contributed by atoms with van der Waals surface area (Å²) in [6.07, 6.45) is 0. The first-order valence-electron chi connectivity index (χ1n) is 16.2. The summed E-state index contributed by atoms with van der Waals surface area (Å²) < 4.78 is 19.3. The maximum Gasteiger partial charge on any atom is 0.494 e. The van der Waals surface area contributed by atoms with Gasteiger partial charge >= 0.3 is 7.12 Å². The van der Waals surface area contributed by atoms with E-state index in [0.29, 0.717) is 0 Å². The molecule has 0 bridgehead atoms. The van der Waals surface area contributed by atoms with Gasteiger partial charge in [0.2, 0.25) is 0 Å². The average molecular weight is 614 g/mol. The van der Waals surface area contributed by atoms with Crippen LogP contribution in [0.1, 0.15) is 27.7 Å². The second-order valence-electron chi connectivity index (χ2n) is 13.3. The average Bonchev–Trinajstić information content (AvgIpc) is 3.58. The Morgan fingerprint density at radius 1 is 0.489 bits per heavy atom. The van der Waals surface area contributed by atoms with Gasteiger partial charge in [0.25, 0.3) is 0 Å². The van der Waals surface area contributed by atoms with Crippen molar-refractivity contribution in [3.8, 4) is 22.3 Å². The predicted molar refractivity (Wildman–Crippen MR) is 195 cm³/mol. The van der Waals surface area contributed by atoms with Crippen molar-refractivity contribution >= 4 is 51.6 Å². The third kappa shape index (κ3) is 5.22. The van der Waals surface area contributed by atoms with E-state index in [4.69, 9.17) is 13.7 Å². The summed E-state index contributed by atoms with van der Waals surface area (Å²) in [5, 5.41) is 2.16. The van der Waals surface area contributed by atoms with Crippen LogP contribution in [-0.4, -0.2) is 18.3 Å². The topological polar surface area (TPSA) is 34.8 Å². The number of benzene rings is 6. The second-order valence-corrected chi connectivity index (χ2v) is 13.3. The zero-order chi connectivity index (χ0) is 32.2. The maximum atomic E-state index is 6.57. The second kappa shape index (κ2) is 11.3. The van der Waals surface area contributed by atoms with Gasteiger partial charge in [-0.3, -0.25) is 0 Å². The van der Waals surface area contributed by atoms with Crippen LogP contribution in [0.3, 0.4) is 0 Å². The van der Waals surface area contributed by atoms with Crippen molar-refractivity contribution in [3.63, 3.8) is 0 Å². The minimum Gasteiger partial charge on any atom is -0.455 e. The maximum absolute atomic E-state index is 6.57. The Bertz CT molecular complexity index is 2170. The molecule has 8 rings (SSSR count). The molecule has 6 aromatic carbocycles. The van der Waals surface area contributed by atoms with Crippen LogP contribution in [0.4, 0.5) is 17.1 Å². The summed E-state index contributed by atoms with van der Waals surface area (Å²) in [5.74, 6) is 0. The summed E-state index contributed by atoms with van der Waals surface area (Å²) in [7, 11) is -0.418. The molecule has 1 aromatic heterocycles. The Morgan fingerprint density at radius 3 is 1.72 bits per heavy atom. The molecule has 7 aromatic rings. The first kappa shape index (κ1) is 29.3. The monoisotopic (exact) mass is 613 g/mol. The molecule has 1 aliphatic heterocycles. The number of hydrogen-bond donors (Lipinski definition) is 0. The van der Waals surface area contributed by atoms with E-state index in [2.05, 4.69) is 160 Å². The lowest BCUT2D eigenvalue weighted by Gasteiger charge is -2.32. The number of furan rings is 1. The van der Waals surface area contributed by atoms with Gasteiger partial charge in [0.1, 0.15) is 11.2 Å². The van der Waals surface area contributed by atoms with E-state index in [-0.39, 0.29) is 0 Å². The lowest BCUT2D eigenvalue weighted by molar-refractivity contribution is 0.00578. The van der Waals surface area contributed by atoms with Crippen LogP contribution in [0.5, 0.6) is 0 Å². The Kier molecular flexibility index (Phi) is 7.05. The van der Waals surface area contributed by atoms with E-state index in [9.17, 15) is 0 Å². The quantitative estimate of drug-likeness (QED) is 0.175. The largest absolute Gasteiger partial charge is 0.494 e. The number of rotatable bonds is 6. The number of hydrogen-bond acceptors (Lipinski definition) is 4. The molecule has 0 atom stereocenters. The van der Waals surface area contributed by atoms with E-state index in [1.54, 1.807) is 0 Å². The Balaban J connectivity index is 1.27. The van der Waals surface area contributed by atoms with Crippen molar-refractivity contribution in [1.29, 1.82) is 0 Å². The Labute approximate surface area is 276 Å². The van der Waals surface area contributed by atoms with Crippen LogP contribution in [-0.2, 0) is 9.31 Å². The van der Waals surface area contributed by atoms with Crippen molar-refractivity contribution < 1.29 is 13.7 Å². The highest BCUT2D eigenvalue weighted by molar-refractivity contribution is 6.62. The van der Waals surface area contributed by atoms with Gasteiger partial charge in [0.05, 0.1) is 11.2 Å². The van der Waals surface area contributed by atoms with Gasteiger partial charge in [-0.15, -0.1) is 0 Å². The van der Waals surface area contributed by atoms with Crippen molar-refractivity contribution in [1.82, 2.24) is 0 Å². The third-order valence-corrected chi connectivity index (χ3v) is 9.72. The van der Waals surface area contributed by atoms with Crippen molar-refractivity contribution in [2.24, 2.45) is 0 Å². The molecule has 0 radical (unpaired) electrons. The number of fused-ring (bicyclic) bond motifs is 3. The van der Waals surface area contributed by atoms with Gasteiger partial charge < -0.3 is 18.6 Å². The van der Waals surface area contributed by atoms with E-state index in [1.165, 1.54) is 11.1 Å². The van der Waals surface area contributed by atoms with Gasteiger partial charge in [0, 0.05) is 33.4 Å². The van der Waals surface area contributed by atoms with Crippen LogP contribution >= 0.6 is 0 Å². The van der Waals surface area contributed by atoms with E-state index in [1.807, 2.05) is 18.2 Å². The standard InChI is InChI=1S/C42H36BNO3/c1-41(2)42(3,4)47-43(46-41)32-23-19-31(20-24-32)37-27-35(28-38-36-17-11-12-18-39(36)45-40(37)38)44(33-15-9-6-10-16-33)34-25-21-30(22-26-34)29-13-7-5-8-14-29/h5-28H,1-4H3. The fourth-order valence-corrected chi connectivity index (χ4v) is 6.41. The molecule has 0 aliphatic carbocycles. The molecule has 1 aliphatic rings. The first-order chi connectivity index (χ1) is 22.8. The highest BCUT2D eigenvalue weighted by atomic mass is 16.7. The summed E-state index contributed by atoms with van der Waals surface area (Å²) >= 11 is 0. The zero-order valence-electron chi connectivity index (χ0n) is 27.1. The summed E-state index contributed by atoms with van der Waals surface area (Å²) in [6, 6.07) is 51.1. The first-order valence-corrected chi connectivity index (χ1v) is 16.2. The molecule has 0 N–H and O–H groups in total. The molecule has 1 saturated heterocycles. The van der Waals surface area contributed by atoms with Gasteiger partial charge in [-0.2, -0.15) is 0 Å². The molecule has 0 amide bonds. The molecule has 0 spiro atoms. The predicted octanol–water partition coefficient (Wildman–Crippen LogP) is 10.7. The highest BCUT2D eigenvalue weighted by Crippen LogP contribution is 2.43. The molecule has 5 heteroatoms.